The van der Waals surface area contributed by atoms with Gasteiger partial charge >= 0.3 is 0 Å². The average Bonchev–Trinajstić information content (AvgIpc) is 2.72. The topological polar surface area (TPSA) is 32.3 Å². The summed E-state index contributed by atoms with van der Waals surface area (Å²) in [6.45, 7) is 4.56. The zero-order chi connectivity index (χ0) is 15.2. The van der Waals surface area contributed by atoms with Crippen molar-refractivity contribution in [2.24, 2.45) is 0 Å². The summed E-state index contributed by atoms with van der Waals surface area (Å²) in [5.74, 6) is 0.0930. The molecule has 0 unspecified atom stereocenters. The van der Waals surface area contributed by atoms with E-state index < -0.39 is 0 Å². The summed E-state index contributed by atoms with van der Waals surface area (Å²) >= 11 is 0. The van der Waals surface area contributed by atoms with Gasteiger partial charge in [0.05, 0.1) is 6.54 Å². The van der Waals surface area contributed by atoms with E-state index in [1.165, 1.54) is 44.1 Å². The molecule has 21 heavy (non-hydrogen) atoms. The van der Waals surface area contributed by atoms with E-state index in [1.54, 1.807) is 0 Å². The fourth-order valence-electron chi connectivity index (χ4n) is 3.11. The summed E-state index contributed by atoms with van der Waals surface area (Å²) in [5.41, 5.74) is 3.23. The SMILES string of the molecule is Cc1ccc(C)c(NC(=O)CN(C)C2CCCCCC2)c1. The lowest BCUT2D eigenvalue weighted by atomic mass is 10.1. The van der Waals surface area contributed by atoms with E-state index in [0.29, 0.717) is 12.6 Å². The monoisotopic (exact) mass is 288 g/mol. The first-order valence-electron chi connectivity index (χ1n) is 8.13. The predicted octanol–water partition coefficient (Wildman–Crippen LogP) is 3.90. The summed E-state index contributed by atoms with van der Waals surface area (Å²) in [4.78, 5) is 14.5. The molecule has 3 heteroatoms. The van der Waals surface area contributed by atoms with E-state index in [0.717, 1.165) is 11.3 Å². The van der Waals surface area contributed by atoms with Gasteiger partial charge in [0.15, 0.2) is 0 Å². The number of nitrogens with one attached hydrogen (secondary N) is 1. The van der Waals surface area contributed by atoms with Crippen LogP contribution in [0.3, 0.4) is 0 Å². The number of benzene rings is 1. The molecule has 1 aliphatic carbocycles. The van der Waals surface area contributed by atoms with Gasteiger partial charge in [0, 0.05) is 11.7 Å². The maximum atomic E-state index is 12.3. The lowest BCUT2D eigenvalue weighted by Crippen LogP contribution is -2.37. The van der Waals surface area contributed by atoms with Gasteiger partial charge in [0.25, 0.3) is 0 Å². The Morgan fingerprint density at radius 1 is 1.19 bits per heavy atom. The molecule has 1 saturated carbocycles. The van der Waals surface area contributed by atoms with Crippen molar-refractivity contribution >= 4 is 11.6 Å². The highest BCUT2D eigenvalue weighted by molar-refractivity contribution is 5.93. The zero-order valence-electron chi connectivity index (χ0n) is 13.6. The van der Waals surface area contributed by atoms with Gasteiger partial charge in [-0.15, -0.1) is 0 Å². The van der Waals surface area contributed by atoms with Gasteiger partial charge in [-0.2, -0.15) is 0 Å². The fourth-order valence-corrected chi connectivity index (χ4v) is 3.11. The van der Waals surface area contributed by atoms with Crippen molar-refractivity contribution in [2.45, 2.75) is 58.4 Å². The van der Waals surface area contributed by atoms with Crippen molar-refractivity contribution in [1.82, 2.24) is 4.90 Å². The molecule has 0 atom stereocenters. The van der Waals surface area contributed by atoms with Crippen molar-refractivity contribution < 1.29 is 4.79 Å². The van der Waals surface area contributed by atoms with Gasteiger partial charge in [-0.05, 0) is 50.9 Å². The normalized spacial score (nSPS) is 16.8. The first-order chi connectivity index (χ1) is 10.1. The minimum absolute atomic E-state index is 0.0930. The van der Waals surface area contributed by atoms with E-state index in [4.69, 9.17) is 0 Å². The van der Waals surface area contributed by atoms with E-state index in [-0.39, 0.29) is 5.91 Å². The van der Waals surface area contributed by atoms with Crippen molar-refractivity contribution in [1.29, 1.82) is 0 Å². The molecule has 1 amide bonds. The third kappa shape index (κ3) is 4.85. The molecule has 0 aliphatic heterocycles. The Morgan fingerprint density at radius 3 is 2.52 bits per heavy atom. The number of carbonyl (C=O) groups is 1. The number of carbonyl (C=O) groups excluding carboxylic acids is 1. The van der Waals surface area contributed by atoms with Crippen LogP contribution in [0, 0.1) is 13.8 Å². The number of hydrogen-bond donors (Lipinski definition) is 1. The lowest BCUT2D eigenvalue weighted by Gasteiger charge is -2.26. The molecule has 116 valence electrons. The van der Waals surface area contributed by atoms with Crippen molar-refractivity contribution in [2.75, 3.05) is 18.9 Å². The number of rotatable bonds is 4. The van der Waals surface area contributed by atoms with Crippen LogP contribution in [0.2, 0.25) is 0 Å². The number of likely N-dealkylation sites (N-methyl/N-ethyl adjacent to an activating group) is 1. The highest BCUT2D eigenvalue weighted by Gasteiger charge is 2.19. The fraction of sp³-hybridized carbons (Fsp3) is 0.611. The Bertz CT molecular complexity index is 476. The van der Waals surface area contributed by atoms with Gasteiger partial charge in [0.2, 0.25) is 5.91 Å². The third-order valence-electron chi connectivity index (χ3n) is 4.51. The molecule has 3 nitrogen and oxygen atoms in total. The van der Waals surface area contributed by atoms with Crippen LogP contribution >= 0.6 is 0 Å². The smallest absolute Gasteiger partial charge is 0.238 e. The van der Waals surface area contributed by atoms with Crippen LogP contribution in [0.4, 0.5) is 5.69 Å². The van der Waals surface area contributed by atoms with Crippen LogP contribution in [0.5, 0.6) is 0 Å². The second-order valence-electron chi connectivity index (χ2n) is 6.43. The van der Waals surface area contributed by atoms with E-state index >= 15 is 0 Å². The number of amides is 1. The molecular weight excluding hydrogens is 260 g/mol. The molecular formula is C18H28N2O. The summed E-state index contributed by atoms with van der Waals surface area (Å²) in [6, 6.07) is 6.73. The van der Waals surface area contributed by atoms with E-state index in [2.05, 4.69) is 29.4 Å². The molecule has 1 N–H and O–H groups in total. The first-order valence-corrected chi connectivity index (χ1v) is 8.13. The van der Waals surface area contributed by atoms with Gasteiger partial charge < -0.3 is 5.32 Å². The van der Waals surface area contributed by atoms with Crippen LogP contribution in [0.15, 0.2) is 18.2 Å². The third-order valence-corrected chi connectivity index (χ3v) is 4.51. The molecule has 0 aromatic heterocycles. The average molecular weight is 288 g/mol. The molecule has 1 aromatic carbocycles. The van der Waals surface area contributed by atoms with Crippen molar-refractivity contribution in [3.63, 3.8) is 0 Å². The number of nitrogens with zero attached hydrogens (tertiary/aromatic N) is 1. The van der Waals surface area contributed by atoms with Crippen LogP contribution in [-0.4, -0.2) is 30.4 Å². The molecule has 1 fully saturated rings. The van der Waals surface area contributed by atoms with Gasteiger partial charge in [0.1, 0.15) is 0 Å². The Kier molecular flexibility index (Phi) is 5.80. The van der Waals surface area contributed by atoms with Gasteiger partial charge in [-0.1, -0.05) is 37.8 Å². The zero-order valence-corrected chi connectivity index (χ0v) is 13.6. The Labute approximate surface area is 128 Å². The summed E-state index contributed by atoms with van der Waals surface area (Å²) in [6.07, 6.45) is 7.75. The molecule has 2 rings (SSSR count). The van der Waals surface area contributed by atoms with E-state index in [1.807, 2.05) is 19.9 Å². The van der Waals surface area contributed by atoms with Crippen molar-refractivity contribution in [3.05, 3.63) is 29.3 Å². The predicted molar refractivity (Wildman–Crippen MR) is 88.7 cm³/mol. The summed E-state index contributed by atoms with van der Waals surface area (Å²) in [5, 5.41) is 3.06. The maximum absolute atomic E-state index is 12.3. The molecule has 0 spiro atoms. The Balaban J connectivity index is 1.89. The molecule has 1 aromatic rings. The minimum atomic E-state index is 0.0930. The number of aryl methyl sites for hydroxylation is 2. The molecule has 0 radical (unpaired) electrons. The van der Waals surface area contributed by atoms with Crippen LogP contribution in [-0.2, 0) is 4.79 Å². The Hall–Kier alpha value is -1.35. The molecule has 0 heterocycles. The molecule has 1 aliphatic rings. The van der Waals surface area contributed by atoms with Crippen LogP contribution < -0.4 is 5.32 Å². The van der Waals surface area contributed by atoms with Crippen LogP contribution in [0.1, 0.15) is 49.7 Å². The summed E-state index contributed by atoms with van der Waals surface area (Å²) < 4.78 is 0. The van der Waals surface area contributed by atoms with E-state index in [9.17, 15) is 4.79 Å². The summed E-state index contributed by atoms with van der Waals surface area (Å²) in [7, 11) is 2.08. The van der Waals surface area contributed by atoms with Crippen LogP contribution in [0.25, 0.3) is 0 Å². The second kappa shape index (κ2) is 7.60. The maximum Gasteiger partial charge on any atom is 0.238 e. The lowest BCUT2D eigenvalue weighted by molar-refractivity contribution is -0.117. The second-order valence-corrected chi connectivity index (χ2v) is 6.43. The number of anilines is 1. The molecule has 0 bridgehead atoms. The highest BCUT2D eigenvalue weighted by Crippen LogP contribution is 2.21. The first kappa shape index (κ1) is 16.0. The van der Waals surface area contributed by atoms with Gasteiger partial charge in [-0.3, -0.25) is 9.69 Å². The van der Waals surface area contributed by atoms with Crippen molar-refractivity contribution in [3.8, 4) is 0 Å². The quantitative estimate of drug-likeness (QED) is 0.852. The van der Waals surface area contributed by atoms with Gasteiger partial charge in [-0.25, -0.2) is 0 Å². The largest absolute Gasteiger partial charge is 0.325 e. The minimum Gasteiger partial charge on any atom is -0.325 e. The number of hydrogen-bond acceptors (Lipinski definition) is 2. The standard InChI is InChI=1S/C18H28N2O/c1-14-10-11-15(2)17(12-14)19-18(21)13-20(3)16-8-6-4-5-7-9-16/h10-12,16H,4-9,13H2,1-3H3,(H,19,21). The Morgan fingerprint density at radius 2 is 1.86 bits per heavy atom. The molecule has 0 saturated heterocycles. The highest BCUT2D eigenvalue weighted by atomic mass is 16.2.